The molecule has 0 saturated heterocycles. The molecule has 0 spiro atoms. The van der Waals surface area contributed by atoms with Gasteiger partial charge in [0.15, 0.2) is 11.3 Å². The summed E-state index contributed by atoms with van der Waals surface area (Å²) in [7, 11) is 0. The Hall–Kier alpha value is -1.50. The SMILES string of the molecule is CC(C)(C)OC(=O)NC1C(Cl)=NOC1CC(=O)O. The number of halogens is 1. The number of carboxylic acid groups (broad SMARTS) is 1. The zero-order chi connectivity index (χ0) is 13.9. The molecule has 0 radical (unpaired) electrons. The fraction of sp³-hybridized carbons (Fsp3) is 0.700. The molecule has 0 aromatic heterocycles. The van der Waals surface area contributed by atoms with Gasteiger partial charge in [-0.25, -0.2) is 4.79 Å². The Labute approximate surface area is 109 Å². The van der Waals surface area contributed by atoms with Crippen molar-refractivity contribution in [1.29, 1.82) is 0 Å². The first-order chi connectivity index (χ1) is 8.19. The van der Waals surface area contributed by atoms with Crippen LogP contribution in [-0.2, 0) is 14.4 Å². The van der Waals surface area contributed by atoms with Crippen molar-refractivity contribution in [3.05, 3.63) is 0 Å². The second kappa shape index (κ2) is 5.43. The van der Waals surface area contributed by atoms with Crippen LogP contribution < -0.4 is 5.32 Å². The van der Waals surface area contributed by atoms with E-state index in [1.807, 2.05) is 0 Å². The van der Waals surface area contributed by atoms with Crippen molar-refractivity contribution >= 4 is 28.8 Å². The molecule has 0 aliphatic carbocycles. The highest BCUT2D eigenvalue weighted by atomic mass is 35.5. The highest BCUT2D eigenvalue weighted by molar-refractivity contribution is 6.67. The van der Waals surface area contributed by atoms with E-state index in [1.54, 1.807) is 20.8 Å². The van der Waals surface area contributed by atoms with Crippen LogP contribution in [0.1, 0.15) is 27.2 Å². The van der Waals surface area contributed by atoms with Crippen molar-refractivity contribution in [1.82, 2.24) is 5.32 Å². The number of amides is 1. The summed E-state index contributed by atoms with van der Waals surface area (Å²) in [6.45, 7) is 5.13. The van der Waals surface area contributed by atoms with Gasteiger partial charge in [0.2, 0.25) is 0 Å². The minimum atomic E-state index is -1.07. The summed E-state index contributed by atoms with van der Waals surface area (Å²) in [5.74, 6) is -1.07. The van der Waals surface area contributed by atoms with E-state index >= 15 is 0 Å². The van der Waals surface area contributed by atoms with Gasteiger partial charge in [-0.2, -0.15) is 0 Å². The summed E-state index contributed by atoms with van der Waals surface area (Å²) < 4.78 is 5.03. The van der Waals surface area contributed by atoms with Gasteiger partial charge in [0.1, 0.15) is 11.6 Å². The largest absolute Gasteiger partial charge is 0.481 e. The lowest BCUT2D eigenvalue weighted by Gasteiger charge is -2.22. The molecule has 2 unspecified atom stereocenters. The Kier molecular flexibility index (Phi) is 4.39. The van der Waals surface area contributed by atoms with Gasteiger partial charge in [0, 0.05) is 0 Å². The number of aliphatic carboxylic acids is 1. The Balaban J connectivity index is 2.60. The Morgan fingerprint density at radius 3 is 2.67 bits per heavy atom. The molecular formula is C10H15ClN2O5. The fourth-order valence-corrected chi connectivity index (χ4v) is 1.54. The van der Waals surface area contributed by atoms with Crippen molar-refractivity contribution < 1.29 is 24.3 Å². The molecular weight excluding hydrogens is 264 g/mol. The first-order valence-corrected chi connectivity index (χ1v) is 5.67. The summed E-state index contributed by atoms with van der Waals surface area (Å²) in [5.41, 5.74) is -0.657. The van der Waals surface area contributed by atoms with Crippen molar-refractivity contribution in [2.24, 2.45) is 5.16 Å². The molecule has 7 nitrogen and oxygen atoms in total. The third-order valence-electron chi connectivity index (χ3n) is 1.95. The van der Waals surface area contributed by atoms with Gasteiger partial charge < -0.3 is 20.0 Å². The molecule has 0 aromatic carbocycles. The van der Waals surface area contributed by atoms with Crippen LogP contribution in [0, 0.1) is 0 Å². The quantitative estimate of drug-likeness (QED) is 0.811. The molecule has 0 saturated carbocycles. The molecule has 2 N–H and O–H groups in total. The molecule has 0 aromatic rings. The van der Waals surface area contributed by atoms with E-state index in [0.29, 0.717) is 0 Å². The van der Waals surface area contributed by atoms with E-state index in [9.17, 15) is 9.59 Å². The molecule has 1 aliphatic rings. The summed E-state index contributed by atoms with van der Waals surface area (Å²) in [4.78, 5) is 27.0. The number of carbonyl (C=O) groups excluding carboxylic acids is 1. The average Bonchev–Trinajstić information content (AvgIpc) is 2.46. The zero-order valence-corrected chi connectivity index (χ0v) is 11.0. The predicted octanol–water partition coefficient (Wildman–Crippen LogP) is 1.31. The van der Waals surface area contributed by atoms with Crippen molar-refractivity contribution in [3.63, 3.8) is 0 Å². The van der Waals surface area contributed by atoms with Crippen LogP contribution in [0.2, 0.25) is 0 Å². The summed E-state index contributed by atoms with van der Waals surface area (Å²) in [6, 6.07) is -0.808. The van der Waals surface area contributed by atoms with E-state index in [2.05, 4.69) is 10.5 Å². The van der Waals surface area contributed by atoms with Gasteiger partial charge >= 0.3 is 12.1 Å². The zero-order valence-electron chi connectivity index (χ0n) is 10.3. The first kappa shape index (κ1) is 14.6. The third-order valence-corrected chi connectivity index (χ3v) is 2.26. The highest BCUT2D eigenvalue weighted by Crippen LogP contribution is 2.18. The molecule has 1 rings (SSSR count). The average molecular weight is 279 g/mol. The monoisotopic (exact) mass is 278 g/mol. The van der Waals surface area contributed by atoms with Gasteiger partial charge in [0.05, 0.1) is 6.42 Å². The standard InChI is InChI=1S/C10H15ClN2O5/c1-10(2,3)17-9(16)12-7-5(4-6(14)15)18-13-8(7)11/h5,7H,4H2,1-3H3,(H,12,16)(H,14,15). The fourth-order valence-electron chi connectivity index (χ4n) is 1.30. The lowest BCUT2D eigenvalue weighted by molar-refractivity contribution is -0.140. The highest BCUT2D eigenvalue weighted by Gasteiger charge is 2.37. The summed E-state index contributed by atoms with van der Waals surface area (Å²) in [5, 5.41) is 14.6. The van der Waals surface area contributed by atoms with Gasteiger partial charge in [-0.05, 0) is 20.8 Å². The summed E-state index contributed by atoms with van der Waals surface area (Å²) >= 11 is 5.73. The number of hydrogen-bond donors (Lipinski definition) is 2. The molecule has 0 fully saturated rings. The Bertz CT molecular complexity index is 377. The third kappa shape index (κ3) is 4.40. The number of carbonyl (C=O) groups is 2. The molecule has 8 heteroatoms. The van der Waals surface area contributed by atoms with E-state index in [4.69, 9.17) is 26.3 Å². The lowest BCUT2D eigenvalue weighted by atomic mass is 10.1. The lowest BCUT2D eigenvalue weighted by Crippen LogP contribution is -2.47. The van der Waals surface area contributed by atoms with Crippen LogP contribution >= 0.6 is 11.6 Å². The number of oxime groups is 1. The van der Waals surface area contributed by atoms with Crippen LogP contribution in [0.5, 0.6) is 0 Å². The maximum absolute atomic E-state index is 11.5. The van der Waals surface area contributed by atoms with E-state index in [1.165, 1.54) is 0 Å². The van der Waals surface area contributed by atoms with Crippen molar-refractivity contribution in [2.45, 2.75) is 44.9 Å². The maximum Gasteiger partial charge on any atom is 0.408 e. The van der Waals surface area contributed by atoms with Gasteiger partial charge in [-0.3, -0.25) is 4.79 Å². The second-order valence-electron chi connectivity index (χ2n) is 4.78. The van der Waals surface area contributed by atoms with Crippen LogP contribution in [-0.4, -0.2) is 40.1 Å². The van der Waals surface area contributed by atoms with E-state index in [0.717, 1.165) is 0 Å². The van der Waals surface area contributed by atoms with Crippen LogP contribution in [0.3, 0.4) is 0 Å². The topological polar surface area (TPSA) is 97.2 Å². The molecule has 1 aliphatic heterocycles. The minimum absolute atomic E-state index is 0.00731. The maximum atomic E-state index is 11.5. The van der Waals surface area contributed by atoms with Crippen molar-refractivity contribution in [2.75, 3.05) is 0 Å². The van der Waals surface area contributed by atoms with Gasteiger partial charge in [0.25, 0.3) is 0 Å². The molecule has 0 bridgehead atoms. The van der Waals surface area contributed by atoms with Gasteiger partial charge in [-0.1, -0.05) is 16.8 Å². The first-order valence-electron chi connectivity index (χ1n) is 5.29. The predicted molar refractivity (Wildman–Crippen MR) is 63.6 cm³/mol. The van der Waals surface area contributed by atoms with Crippen LogP contribution in [0.4, 0.5) is 4.79 Å². The normalized spacial score (nSPS) is 23.0. The molecule has 1 amide bonds. The van der Waals surface area contributed by atoms with Crippen LogP contribution in [0.25, 0.3) is 0 Å². The molecule has 2 atom stereocenters. The van der Waals surface area contributed by atoms with Crippen molar-refractivity contribution in [3.8, 4) is 0 Å². The molecule has 102 valence electrons. The summed E-state index contributed by atoms with van der Waals surface area (Å²) in [6.07, 6.45) is -1.86. The van der Waals surface area contributed by atoms with E-state index < -0.39 is 29.8 Å². The van der Waals surface area contributed by atoms with Gasteiger partial charge in [-0.15, -0.1) is 0 Å². The Morgan fingerprint density at radius 1 is 1.56 bits per heavy atom. The molecule has 18 heavy (non-hydrogen) atoms. The number of nitrogens with zero attached hydrogens (tertiary/aromatic N) is 1. The number of ether oxygens (including phenoxy) is 1. The van der Waals surface area contributed by atoms with E-state index in [-0.39, 0.29) is 11.6 Å². The number of rotatable bonds is 3. The number of alkyl carbamates (subject to hydrolysis) is 1. The number of carboxylic acids is 1. The molecule has 1 heterocycles. The number of hydrogen-bond acceptors (Lipinski definition) is 5. The minimum Gasteiger partial charge on any atom is -0.481 e. The Morgan fingerprint density at radius 2 is 2.17 bits per heavy atom. The number of nitrogens with one attached hydrogen (secondary N) is 1. The smallest absolute Gasteiger partial charge is 0.408 e. The second-order valence-corrected chi connectivity index (χ2v) is 5.17. The van der Waals surface area contributed by atoms with Crippen LogP contribution in [0.15, 0.2) is 5.16 Å².